The number of hydrogen-bond donors (Lipinski definition) is 1. The first-order valence-electron chi connectivity index (χ1n) is 9.41. The molecule has 2 aliphatic heterocycles. The van der Waals surface area contributed by atoms with Crippen molar-refractivity contribution in [3.05, 3.63) is 65.7 Å². The van der Waals surface area contributed by atoms with E-state index >= 15 is 0 Å². The Labute approximate surface area is 167 Å². The van der Waals surface area contributed by atoms with Gasteiger partial charge in [-0.2, -0.15) is 0 Å². The van der Waals surface area contributed by atoms with Crippen LogP contribution in [0.15, 0.2) is 54.6 Å². The second-order valence-corrected chi connectivity index (χ2v) is 7.37. The number of nitrogens with zero attached hydrogens (tertiary/aromatic N) is 1. The van der Waals surface area contributed by atoms with Crippen molar-refractivity contribution in [3.8, 4) is 5.75 Å². The van der Waals surface area contributed by atoms with Crippen LogP contribution < -0.4 is 10.1 Å². The molecule has 0 aromatic heterocycles. The third-order valence-corrected chi connectivity index (χ3v) is 6.01. The molecule has 1 N–H and O–H groups in total. The first-order valence-corrected chi connectivity index (χ1v) is 9.41. The number of amides is 1. The van der Waals surface area contributed by atoms with E-state index in [1.165, 1.54) is 11.1 Å². The summed E-state index contributed by atoms with van der Waals surface area (Å²) in [6, 6.07) is 18.5. The van der Waals surface area contributed by atoms with Crippen LogP contribution in [0.1, 0.15) is 29.9 Å². The van der Waals surface area contributed by atoms with E-state index in [1.54, 1.807) is 7.11 Å². The third-order valence-electron chi connectivity index (χ3n) is 6.01. The number of nitrogens with one attached hydrogen (secondary N) is 1. The summed E-state index contributed by atoms with van der Waals surface area (Å²) in [5.41, 5.74) is 2.04. The zero-order valence-electron chi connectivity index (χ0n) is 15.7. The highest BCUT2D eigenvalue weighted by Crippen LogP contribution is 2.51. The fraction of sp³-hybridized carbons (Fsp3) is 0.409. The van der Waals surface area contributed by atoms with Crippen molar-refractivity contribution in [1.82, 2.24) is 10.2 Å². The molecule has 1 unspecified atom stereocenters. The topological polar surface area (TPSA) is 41.6 Å². The van der Waals surface area contributed by atoms with Gasteiger partial charge in [-0.15, -0.1) is 12.4 Å². The van der Waals surface area contributed by atoms with Crippen molar-refractivity contribution >= 4 is 18.3 Å². The van der Waals surface area contributed by atoms with Crippen molar-refractivity contribution in [2.24, 2.45) is 5.41 Å². The minimum absolute atomic E-state index is 0. The Balaban J connectivity index is 0.00000210. The molecule has 0 aliphatic carbocycles. The summed E-state index contributed by atoms with van der Waals surface area (Å²) in [6.07, 6.45) is 1.78. The van der Waals surface area contributed by atoms with Crippen LogP contribution in [0.25, 0.3) is 0 Å². The van der Waals surface area contributed by atoms with Crippen molar-refractivity contribution in [2.75, 3.05) is 26.7 Å². The summed E-state index contributed by atoms with van der Waals surface area (Å²) in [4.78, 5) is 15.6. The smallest absolute Gasteiger partial charge is 0.229 e. The molecule has 2 saturated heterocycles. The van der Waals surface area contributed by atoms with Gasteiger partial charge in [0, 0.05) is 24.6 Å². The molecule has 4 nitrogen and oxygen atoms in total. The van der Waals surface area contributed by atoms with Crippen LogP contribution in [0.3, 0.4) is 0 Å². The lowest BCUT2D eigenvalue weighted by atomic mass is 9.68. The zero-order chi connectivity index (χ0) is 18.0. The molecule has 0 bridgehead atoms. The van der Waals surface area contributed by atoms with Crippen molar-refractivity contribution < 1.29 is 9.53 Å². The van der Waals surface area contributed by atoms with E-state index in [2.05, 4.69) is 34.5 Å². The van der Waals surface area contributed by atoms with E-state index in [0.717, 1.165) is 38.2 Å². The van der Waals surface area contributed by atoms with Crippen LogP contribution in [0, 0.1) is 5.41 Å². The van der Waals surface area contributed by atoms with E-state index in [4.69, 9.17) is 4.74 Å². The highest BCUT2D eigenvalue weighted by atomic mass is 35.5. The van der Waals surface area contributed by atoms with Gasteiger partial charge in [-0.25, -0.2) is 0 Å². The van der Waals surface area contributed by atoms with Gasteiger partial charge in [0.1, 0.15) is 5.75 Å². The Hall–Kier alpha value is -2.04. The molecule has 1 amide bonds. The number of methoxy groups -OCH3 is 1. The molecule has 4 rings (SSSR count). The molecule has 0 saturated carbocycles. The number of halogens is 1. The van der Waals surface area contributed by atoms with E-state index < -0.39 is 0 Å². The van der Waals surface area contributed by atoms with Gasteiger partial charge >= 0.3 is 0 Å². The van der Waals surface area contributed by atoms with Gasteiger partial charge in [0.2, 0.25) is 5.91 Å². The number of hydrogen-bond acceptors (Lipinski definition) is 3. The normalized spacial score (nSPS) is 21.1. The van der Waals surface area contributed by atoms with Crippen LogP contribution >= 0.6 is 12.4 Å². The summed E-state index contributed by atoms with van der Waals surface area (Å²) in [6.45, 7) is 3.24. The number of carbonyl (C=O) groups excluding carboxylic acids is 1. The first-order chi connectivity index (χ1) is 12.7. The number of para-hydroxylation sites is 1. The van der Waals surface area contributed by atoms with E-state index in [9.17, 15) is 4.79 Å². The van der Waals surface area contributed by atoms with Crippen LogP contribution in [0.2, 0.25) is 0 Å². The molecule has 5 heteroatoms. The third kappa shape index (κ3) is 3.56. The Kier molecular flexibility index (Phi) is 6.08. The second kappa shape index (κ2) is 8.32. The average molecular weight is 387 g/mol. The van der Waals surface area contributed by atoms with Gasteiger partial charge in [-0.1, -0.05) is 48.5 Å². The van der Waals surface area contributed by atoms with Crippen molar-refractivity contribution in [1.29, 1.82) is 0 Å². The van der Waals surface area contributed by atoms with E-state index in [1.807, 2.05) is 30.3 Å². The summed E-state index contributed by atoms with van der Waals surface area (Å²) >= 11 is 0. The van der Waals surface area contributed by atoms with Gasteiger partial charge < -0.3 is 15.0 Å². The summed E-state index contributed by atoms with van der Waals surface area (Å²) < 4.78 is 5.64. The van der Waals surface area contributed by atoms with Crippen LogP contribution in [0.4, 0.5) is 0 Å². The Bertz CT molecular complexity index is 775. The summed E-state index contributed by atoms with van der Waals surface area (Å²) in [5.74, 6) is 1.38. The van der Waals surface area contributed by atoms with Crippen molar-refractivity contribution in [2.45, 2.75) is 25.3 Å². The van der Waals surface area contributed by atoms with Gasteiger partial charge in [0.15, 0.2) is 0 Å². The highest BCUT2D eigenvalue weighted by molar-refractivity contribution is 5.87. The lowest BCUT2D eigenvalue weighted by Gasteiger charge is -2.37. The molecule has 144 valence electrons. The second-order valence-electron chi connectivity index (χ2n) is 7.37. The van der Waals surface area contributed by atoms with Crippen molar-refractivity contribution in [3.63, 3.8) is 0 Å². The Morgan fingerprint density at radius 1 is 1.07 bits per heavy atom. The molecule has 2 aliphatic rings. The Morgan fingerprint density at radius 2 is 1.74 bits per heavy atom. The molecule has 2 heterocycles. The standard InChI is InChI=1S/C22H26N2O2.ClH/c1-26-20-10-6-5-9-18(20)19-16-24(15-17-7-3-2-4-8-17)21(25)22(19)11-13-23-14-12-22;/h2-10,19,23H,11-16H2,1H3;1H. The van der Waals surface area contributed by atoms with E-state index in [-0.39, 0.29) is 23.7 Å². The quantitative estimate of drug-likeness (QED) is 0.872. The van der Waals surface area contributed by atoms with E-state index in [0.29, 0.717) is 12.5 Å². The maximum absolute atomic E-state index is 13.5. The monoisotopic (exact) mass is 386 g/mol. The summed E-state index contributed by atoms with van der Waals surface area (Å²) in [7, 11) is 1.71. The maximum atomic E-state index is 13.5. The Morgan fingerprint density at radius 3 is 2.44 bits per heavy atom. The molecule has 27 heavy (non-hydrogen) atoms. The maximum Gasteiger partial charge on any atom is 0.229 e. The SMILES string of the molecule is COc1ccccc1C1CN(Cc2ccccc2)C(=O)C12CCNCC2.Cl. The predicted molar refractivity (Wildman–Crippen MR) is 109 cm³/mol. The fourth-order valence-corrected chi connectivity index (χ4v) is 4.67. The number of rotatable bonds is 4. The molecule has 1 atom stereocenters. The number of carbonyl (C=O) groups is 1. The minimum atomic E-state index is -0.311. The number of likely N-dealkylation sites (tertiary alicyclic amines) is 1. The van der Waals surface area contributed by atoms with Crippen LogP contribution in [0.5, 0.6) is 5.75 Å². The van der Waals surface area contributed by atoms with Gasteiger partial charge in [-0.3, -0.25) is 4.79 Å². The lowest BCUT2D eigenvalue weighted by Crippen LogP contribution is -2.44. The molecule has 1 spiro atoms. The average Bonchev–Trinajstić information content (AvgIpc) is 2.95. The molecule has 2 fully saturated rings. The predicted octanol–water partition coefficient (Wildman–Crippen LogP) is 3.61. The number of ether oxygens (including phenoxy) is 1. The van der Waals surface area contributed by atoms with Crippen LogP contribution in [-0.4, -0.2) is 37.6 Å². The van der Waals surface area contributed by atoms with Gasteiger partial charge in [0.05, 0.1) is 12.5 Å². The zero-order valence-corrected chi connectivity index (χ0v) is 16.5. The number of piperidine rings is 1. The van der Waals surface area contributed by atoms with Crippen LogP contribution in [-0.2, 0) is 11.3 Å². The fourth-order valence-electron chi connectivity index (χ4n) is 4.67. The van der Waals surface area contributed by atoms with Gasteiger partial charge in [-0.05, 0) is 37.6 Å². The highest BCUT2D eigenvalue weighted by Gasteiger charge is 2.54. The molecular formula is C22H27ClN2O2. The minimum Gasteiger partial charge on any atom is -0.496 e. The van der Waals surface area contributed by atoms with Gasteiger partial charge in [0.25, 0.3) is 0 Å². The lowest BCUT2D eigenvalue weighted by molar-refractivity contribution is -0.138. The largest absolute Gasteiger partial charge is 0.496 e. The molecule has 2 aromatic carbocycles. The summed E-state index contributed by atoms with van der Waals surface area (Å²) in [5, 5.41) is 3.42. The molecule has 2 aromatic rings. The molecule has 0 radical (unpaired) electrons. The number of benzene rings is 2. The molecular weight excluding hydrogens is 360 g/mol. The first kappa shape index (κ1) is 19.7.